The number of aryl methyl sites for hydroxylation is 1. The van der Waals surface area contributed by atoms with E-state index in [1.807, 2.05) is 13.0 Å². The predicted molar refractivity (Wildman–Crippen MR) is 58.8 cm³/mol. The fourth-order valence-electron chi connectivity index (χ4n) is 1.47. The van der Waals surface area contributed by atoms with Crippen molar-refractivity contribution in [2.24, 2.45) is 0 Å². The quantitative estimate of drug-likeness (QED) is 0.772. The number of rotatable bonds is 1. The van der Waals surface area contributed by atoms with Crippen molar-refractivity contribution in [3.8, 4) is 11.1 Å². The van der Waals surface area contributed by atoms with E-state index in [1.165, 1.54) is 12.1 Å². The topological polar surface area (TPSA) is 38.9 Å². The number of benzene rings is 1. The van der Waals surface area contributed by atoms with E-state index in [-0.39, 0.29) is 5.82 Å². The molecule has 0 saturated carbocycles. The summed E-state index contributed by atoms with van der Waals surface area (Å²) in [5, 5.41) is 0. The lowest BCUT2D eigenvalue weighted by atomic mass is 10.0. The Morgan fingerprint density at radius 1 is 1.20 bits per heavy atom. The first-order valence-electron chi connectivity index (χ1n) is 4.65. The van der Waals surface area contributed by atoms with Crippen molar-refractivity contribution in [3.63, 3.8) is 0 Å². The molecule has 2 N–H and O–H groups in total. The van der Waals surface area contributed by atoms with Gasteiger partial charge in [0.25, 0.3) is 0 Å². The van der Waals surface area contributed by atoms with Gasteiger partial charge in [-0.2, -0.15) is 0 Å². The molecule has 2 rings (SSSR count). The maximum Gasteiger partial charge on any atom is 0.123 e. The summed E-state index contributed by atoms with van der Waals surface area (Å²) in [5.41, 5.74) is 8.23. The average molecular weight is 202 g/mol. The van der Waals surface area contributed by atoms with Crippen LogP contribution in [0.1, 0.15) is 5.56 Å². The third-order valence-corrected chi connectivity index (χ3v) is 2.30. The van der Waals surface area contributed by atoms with Crippen molar-refractivity contribution in [2.75, 3.05) is 5.73 Å². The molecule has 15 heavy (non-hydrogen) atoms. The minimum Gasteiger partial charge on any atom is -0.384 e. The van der Waals surface area contributed by atoms with Gasteiger partial charge in [0.15, 0.2) is 0 Å². The fourth-order valence-corrected chi connectivity index (χ4v) is 1.47. The van der Waals surface area contributed by atoms with Gasteiger partial charge in [-0.05, 0) is 42.3 Å². The van der Waals surface area contributed by atoms with Crippen LogP contribution in [0.25, 0.3) is 11.1 Å². The molecule has 0 spiro atoms. The highest BCUT2D eigenvalue weighted by molar-refractivity contribution is 5.67. The number of nitrogens with two attached hydrogens (primary N) is 1. The Labute approximate surface area is 87.6 Å². The smallest absolute Gasteiger partial charge is 0.123 e. The zero-order valence-corrected chi connectivity index (χ0v) is 8.37. The van der Waals surface area contributed by atoms with Crippen molar-refractivity contribution in [3.05, 3.63) is 47.9 Å². The van der Waals surface area contributed by atoms with Gasteiger partial charge in [0.1, 0.15) is 11.6 Å². The minimum absolute atomic E-state index is 0.243. The van der Waals surface area contributed by atoms with Crippen LogP contribution in [0.4, 0.5) is 10.2 Å². The van der Waals surface area contributed by atoms with Gasteiger partial charge < -0.3 is 5.73 Å². The molecule has 0 aliphatic rings. The molecule has 2 nitrogen and oxygen atoms in total. The molecule has 1 aromatic heterocycles. The van der Waals surface area contributed by atoms with E-state index in [1.54, 1.807) is 18.3 Å². The molecule has 0 aliphatic carbocycles. The Hall–Kier alpha value is -1.90. The summed E-state index contributed by atoms with van der Waals surface area (Å²) in [4.78, 5) is 3.98. The Morgan fingerprint density at radius 2 is 2.00 bits per heavy atom. The van der Waals surface area contributed by atoms with Crippen LogP contribution in [-0.4, -0.2) is 4.98 Å². The van der Waals surface area contributed by atoms with Crippen LogP contribution >= 0.6 is 0 Å². The van der Waals surface area contributed by atoms with Crippen molar-refractivity contribution in [1.29, 1.82) is 0 Å². The third-order valence-electron chi connectivity index (χ3n) is 2.30. The lowest BCUT2D eigenvalue weighted by molar-refractivity contribution is 0.628. The van der Waals surface area contributed by atoms with Gasteiger partial charge in [-0.25, -0.2) is 9.37 Å². The second-order valence-corrected chi connectivity index (χ2v) is 3.43. The summed E-state index contributed by atoms with van der Waals surface area (Å²) in [5.74, 6) is 0.222. The van der Waals surface area contributed by atoms with E-state index in [0.29, 0.717) is 5.82 Å². The monoisotopic (exact) mass is 202 g/mol. The minimum atomic E-state index is -0.243. The van der Waals surface area contributed by atoms with Crippen LogP contribution in [0, 0.1) is 12.7 Å². The molecule has 0 saturated heterocycles. The number of nitrogens with zero attached hydrogens (tertiary/aromatic N) is 1. The molecule has 0 unspecified atom stereocenters. The van der Waals surface area contributed by atoms with Crippen LogP contribution in [0.3, 0.4) is 0 Å². The Morgan fingerprint density at radius 3 is 2.67 bits per heavy atom. The normalized spacial score (nSPS) is 10.3. The summed E-state index contributed by atoms with van der Waals surface area (Å²) < 4.78 is 13.1. The standard InChI is InChI=1S/C12H11FN2/c1-8-2-4-10(13)6-11(8)9-3-5-12(14)15-7-9/h2-7H,1H3,(H2,14,15). The molecule has 0 atom stereocenters. The number of hydrogen-bond donors (Lipinski definition) is 1. The number of hydrogen-bond acceptors (Lipinski definition) is 2. The second kappa shape index (κ2) is 3.69. The van der Waals surface area contributed by atoms with Crippen LogP contribution in [0.15, 0.2) is 36.5 Å². The second-order valence-electron chi connectivity index (χ2n) is 3.43. The molecule has 1 heterocycles. The number of anilines is 1. The number of pyridine rings is 1. The highest BCUT2D eigenvalue weighted by atomic mass is 19.1. The molecule has 3 heteroatoms. The highest BCUT2D eigenvalue weighted by Crippen LogP contribution is 2.23. The summed E-state index contributed by atoms with van der Waals surface area (Å²) in [6, 6.07) is 8.25. The molecular formula is C12H11FN2. The molecule has 76 valence electrons. The summed E-state index contributed by atoms with van der Waals surface area (Å²) in [6.07, 6.45) is 1.65. The van der Waals surface area contributed by atoms with Crippen LogP contribution in [0.2, 0.25) is 0 Å². The van der Waals surface area contributed by atoms with Crippen LogP contribution in [-0.2, 0) is 0 Å². The van der Waals surface area contributed by atoms with Crippen molar-refractivity contribution < 1.29 is 4.39 Å². The SMILES string of the molecule is Cc1ccc(F)cc1-c1ccc(N)nc1. The first-order valence-corrected chi connectivity index (χ1v) is 4.65. The van der Waals surface area contributed by atoms with Crippen molar-refractivity contribution in [2.45, 2.75) is 6.92 Å². The van der Waals surface area contributed by atoms with Crippen LogP contribution < -0.4 is 5.73 Å². The van der Waals surface area contributed by atoms with Gasteiger partial charge in [-0.3, -0.25) is 0 Å². The molecule has 1 aromatic carbocycles. The van der Waals surface area contributed by atoms with Crippen LogP contribution in [0.5, 0.6) is 0 Å². The van der Waals surface area contributed by atoms with E-state index in [9.17, 15) is 4.39 Å². The van der Waals surface area contributed by atoms with Crippen molar-refractivity contribution >= 4 is 5.82 Å². The molecule has 0 amide bonds. The lowest BCUT2D eigenvalue weighted by Gasteiger charge is -2.05. The Balaban J connectivity index is 2.53. The Kier molecular flexibility index (Phi) is 2.37. The first kappa shape index (κ1) is 9.65. The lowest BCUT2D eigenvalue weighted by Crippen LogP contribution is -1.90. The maximum atomic E-state index is 13.1. The Bertz CT molecular complexity index is 477. The fraction of sp³-hybridized carbons (Fsp3) is 0.0833. The first-order chi connectivity index (χ1) is 7.16. The molecule has 0 bridgehead atoms. The van der Waals surface area contributed by atoms with E-state index in [2.05, 4.69) is 4.98 Å². The zero-order valence-electron chi connectivity index (χ0n) is 8.37. The van der Waals surface area contributed by atoms with Crippen molar-refractivity contribution in [1.82, 2.24) is 4.98 Å². The molecule has 0 radical (unpaired) electrons. The van der Waals surface area contributed by atoms with E-state index < -0.39 is 0 Å². The predicted octanol–water partition coefficient (Wildman–Crippen LogP) is 2.78. The average Bonchev–Trinajstić information content (AvgIpc) is 2.23. The van der Waals surface area contributed by atoms with Gasteiger partial charge in [0, 0.05) is 11.8 Å². The van der Waals surface area contributed by atoms with E-state index in [4.69, 9.17) is 5.73 Å². The third kappa shape index (κ3) is 1.96. The van der Waals surface area contributed by atoms with Gasteiger partial charge in [-0.1, -0.05) is 6.07 Å². The number of aromatic nitrogens is 1. The molecule has 2 aromatic rings. The van der Waals surface area contributed by atoms with Gasteiger partial charge in [0.05, 0.1) is 0 Å². The largest absolute Gasteiger partial charge is 0.384 e. The summed E-state index contributed by atoms with van der Waals surface area (Å²) in [7, 11) is 0. The van der Waals surface area contributed by atoms with Gasteiger partial charge >= 0.3 is 0 Å². The summed E-state index contributed by atoms with van der Waals surface area (Å²) >= 11 is 0. The number of nitrogen functional groups attached to an aromatic ring is 1. The maximum absolute atomic E-state index is 13.1. The molecule has 0 fully saturated rings. The van der Waals surface area contributed by atoms with E-state index >= 15 is 0 Å². The highest BCUT2D eigenvalue weighted by Gasteiger charge is 2.03. The number of halogens is 1. The van der Waals surface area contributed by atoms with Gasteiger partial charge in [-0.15, -0.1) is 0 Å². The summed E-state index contributed by atoms with van der Waals surface area (Å²) in [6.45, 7) is 1.94. The molecule has 0 aliphatic heterocycles. The van der Waals surface area contributed by atoms with E-state index in [0.717, 1.165) is 16.7 Å². The zero-order chi connectivity index (χ0) is 10.8. The molecular weight excluding hydrogens is 191 g/mol. The van der Waals surface area contributed by atoms with Gasteiger partial charge in [0.2, 0.25) is 0 Å².